The van der Waals surface area contributed by atoms with Crippen molar-refractivity contribution in [2.24, 2.45) is 0 Å². The van der Waals surface area contributed by atoms with Crippen molar-refractivity contribution in [1.29, 1.82) is 0 Å². The first-order valence-electron chi connectivity index (χ1n) is 8.35. The van der Waals surface area contributed by atoms with Gasteiger partial charge >= 0.3 is 0 Å². The van der Waals surface area contributed by atoms with Gasteiger partial charge < -0.3 is 15.0 Å². The van der Waals surface area contributed by atoms with Gasteiger partial charge in [-0.25, -0.2) is 0 Å². The number of ether oxygens (including phenoxy) is 1. The van der Waals surface area contributed by atoms with Gasteiger partial charge in [-0.05, 0) is 49.0 Å². The van der Waals surface area contributed by atoms with E-state index in [1.54, 1.807) is 18.2 Å². The lowest BCUT2D eigenvalue weighted by Gasteiger charge is -2.30. The van der Waals surface area contributed by atoms with E-state index in [0.717, 1.165) is 30.0 Å². The number of para-hydroxylation sites is 2. The number of morpholine rings is 1. The fourth-order valence-electron chi connectivity index (χ4n) is 2.72. The van der Waals surface area contributed by atoms with Crippen LogP contribution in [0.25, 0.3) is 0 Å². The fourth-order valence-corrected chi connectivity index (χ4v) is 3.11. The highest BCUT2D eigenvalue weighted by Crippen LogP contribution is 2.26. The molecule has 1 aliphatic heterocycles. The fraction of sp³-hybridized carbons (Fsp3) is 0.263. The second-order valence-electron chi connectivity index (χ2n) is 5.99. The SMILES string of the molecule is Cc1ccc(C(=O)NC(=S)Nc2ccccc2N2CCOCC2)cc1Cl. The van der Waals surface area contributed by atoms with Gasteiger partial charge in [0.15, 0.2) is 5.11 Å². The molecule has 2 aromatic rings. The normalized spacial score (nSPS) is 14.0. The Hall–Kier alpha value is -2.15. The van der Waals surface area contributed by atoms with Crippen LogP contribution >= 0.6 is 23.8 Å². The number of carbonyl (C=O) groups excluding carboxylic acids is 1. The summed E-state index contributed by atoms with van der Waals surface area (Å²) >= 11 is 11.4. The third-order valence-electron chi connectivity index (χ3n) is 4.17. The van der Waals surface area contributed by atoms with Crippen LogP contribution < -0.4 is 15.5 Å². The summed E-state index contributed by atoms with van der Waals surface area (Å²) in [6.45, 7) is 4.92. The Morgan fingerprint density at radius 2 is 1.92 bits per heavy atom. The van der Waals surface area contributed by atoms with E-state index < -0.39 is 0 Å². The minimum Gasteiger partial charge on any atom is -0.378 e. The van der Waals surface area contributed by atoms with Crippen LogP contribution in [0.4, 0.5) is 11.4 Å². The molecule has 7 heteroatoms. The van der Waals surface area contributed by atoms with Crippen molar-refractivity contribution in [2.45, 2.75) is 6.92 Å². The van der Waals surface area contributed by atoms with Crippen molar-refractivity contribution in [1.82, 2.24) is 5.32 Å². The van der Waals surface area contributed by atoms with Gasteiger partial charge in [0, 0.05) is 23.7 Å². The molecule has 0 spiro atoms. The molecule has 0 aromatic heterocycles. The van der Waals surface area contributed by atoms with Crippen molar-refractivity contribution in [3.05, 3.63) is 58.6 Å². The Balaban J connectivity index is 1.68. The quantitative estimate of drug-likeness (QED) is 0.785. The number of nitrogens with zero attached hydrogens (tertiary/aromatic N) is 1. The first kappa shape index (κ1) is 18.6. The molecule has 0 aliphatic carbocycles. The van der Waals surface area contributed by atoms with Gasteiger partial charge in [0.05, 0.1) is 24.6 Å². The molecule has 0 saturated carbocycles. The summed E-state index contributed by atoms with van der Waals surface area (Å²) < 4.78 is 5.41. The Morgan fingerprint density at radius 1 is 1.19 bits per heavy atom. The molecule has 0 atom stereocenters. The van der Waals surface area contributed by atoms with Crippen molar-refractivity contribution >= 4 is 46.2 Å². The minimum atomic E-state index is -0.298. The maximum absolute atomic E-state index is 12.4. The highest BCUT2D eigenvalue weighted by atomic mass is 35.5. The van der Waals surface area contributed by atoms with E-state index >= 15 is 0 Å². The maximum atomic E-state index is 12.4. The zero-order valence-corrected chi connectivity index (χ0v) is 16.0. The van der Waals surface area contributed by atoms with Gasteiger partial charge in [0.25, 0.3) is 5.91 Å². The van der Waals surface area contributed by atoms with E-state index in [9.17, 15) is 4.79 Å². The molecule has 0 unspecified atom stereocenters. The number of anilines is 2. The Morgan fingerprint density at radius 3 is 2.65 bits per heavy atom. The zero-order chi connectivity index (χ0) is 18.5. The number of thiocarbonyl (C=S) groups is 1. The Labute approximate surface area is 163 Å². The Bertz CT molecular complexity index is 822. The lowest BCUT2D eigenvalue weighted by atomic mass is 10.1. The molecule has 1 amide bonds. The van der Waals surface area contributed by atoms with E-state index in [1.165, 1.54) is 0 Å². The molecule has 136 valence electrons. The van der Waals surface area contributed by atoms with Gasteiger partial charge in [0.2, 0.25) is 0 Å². The predicted molar refractivity (Wildman–Crippen MR) is 109 cm³/mol. The van der Waals surface area contributed by atoms with Crippen LogP contribution in [-0.2, 0) is 4.74 Å². The summed E-state index contributed by atoms with van der Waals surface area (Å²) in [7, 11) is 0. The summed E-state index contributed by atoms with van der Waals surface area (Å²) in [5, 5.41) is 6.61. The molecular formula is C19H20ClN3O2S. The second-order valence-corrected chi connectivity index (χ2v) is 6.80. The minimum absolute atomic E-state index is 0.243. The Kier molecular flexibility index (Phi) is 6.08. The van der Waals surface area contributed by atoms with Crippen LogP contribution in [0.5, 0.6) is 0 Å². The molecule has 26 heavy (non-hydrogen) atoms. The monoisotopic (exact) mass is 389 g/mol. The number of hydrogen-bond acceptors (Lipinski definition) is 4. The molecular weight excluding hydrogens is 370 g/mol. The summed E-state index contributed by atoms with van der Waals surface area (Å²) in [6.07, 6.45) is 0. The summed E-state index contributed by atoms with van der Waals surface area (Å²) in [5.74, 6) is -0.298. The van der Waals surface area contributed by atoms with Gasteiger partial charge in [0.1, 0.15) is 0 Å². The van der Waals surface area contributed by atoms with Gasteiger partial charge in [-0.2, -0.15) is 0 Å². The van der Waals surface area contributed by atoms with E-state index in [4.69, 9.17) is 28.6 Å². The van der Waals surface area contributed by atoms with Gasteiger partial charge in [-0.1, -0.05) is 29.8 Å². The first-order chi connectivity index (χ1) is 12.5. The molecule has 1 heterocycles. The second kappa shape index (κ2) is 8.49. The number of aryl methyl sites for hydroxylation is 1. The zero-order valence-electron chi connectivity index (χ0n) is 14.4. The van der Waals surface area contributed by atoms with E-state index in [2.05, 4.69) is 15.5 Å². The summed E-state index contributed by atoms with van der Waals surface area (Å²) in [6, 6.07) is 13.0. The lowest BCUT2D eigenvalue weighted by Crippen LogP contribution is -2.38. The average molecular weight is 390 g/mol. The number of nitrogens with one attached hydrogen (secondary N) is 2. The summed E-state index contributed by atoms with van der Waals surface area (Å²) in [5.41, 5.74) is 3.27. The molecule has 1 saturated heterocycles. The molecule has 0 bridgehead atoms. The molecule has 0 radical (unpaired) electrons. The number of benzene rings is 2. The molecule has 3 rings (SSSR count). The molecule has 2 aromatic carbocycles. The van der Waals surface area contributed by atoms with E-state index in [1.807, 2.05) is 31.2 Å². The smallest absolute Gasteiger partial charge is 0.257 e. The number of carbonyl (C=O) groups is 1. The van der Waals surface area contributed by atoms with Crippen molar-refractivity contribution in [3.63, 3.8) is 0 Å². The van der Waals surface area contributed by atoms with Gasteiger partial charge in [-0.3, -0.25) is 10.1 Å². The highest BCUT2D eigenvalue weighted by Gasteiger charge is 2.16. The van der Waals surface area contributed by atoms with Crippen LogP contribution in [0.2, 0.25) is 5.02 Å². The molecule has 5 nitrogen and oxygen atoms in total. The number of rotatable bonds is 3. The van der Waals surface area contributed by atoms with Crippen LogP contribution in [0, 0.1) is 6.92 Å². The van der Waals surface area contributed by atoms with Gasteiger partial charge in [-0.15, -0.1) is 0 Å². The number of amides is 1. The maximum Gasteiger partial charge on any atom is 0.257 e. The molecule has 1 aliphatic rings. The van der Waals surface area contributed by atoms with Crippen LogP contribution in [0.1, 0.15) is 15.9 Å². The number of halogens is 1. The summed E-state index contributed by atoms with van der Waals surface area (Å²) in [4.78, 5) is 14.6. The third kappa shape index (κ3) is 4.52. The van der Waals surface area contributed by atoms with Crippen molar-refractivity contribution in [3.8, 4) is 0 Å². The largest absolute Gasteiger partial charge is 0.378 e. The predicted octanol–water partition coefficient (Wildman–Crippen LogP) is 3.61. The topological polar surface area (TPSA) is 53.6 Å². The van der Waals surface area contributed by atoms with Crippen LogP contribution in [0.3, 0.4) is 0 Å². The first-order valence-corrected chi connectivity index (χ1v) is 9.13. The van der Waals surface area contributed by atoms with Crippen molar-refractivity contribution < 1.29 is 9.53 Å². The third-order valence-corrected chi connectivity index (χ3v) is 4.78. The molecule has 2 N–H and O–H groups in total. The lowest BCUT2D eigenvalue weighted by molar-refractivity contribution is 0.0977. The standard InChI is InChI=1S/C19H20ClN3O2S/c1-13-6-7-14(12-15(13)20)18(24)22-19(26)21-16-4-2-3-5-17(16)23-8-10-25-11-9-23/h2-7,12H,8-11H2,1H3,(H2,21,22,24,26). The average Bonchev–Trinajstić information content (AvgIpc) is 2.65. The number of hydrogen-bond donors (Lipinski definition) is 2. The van der Waals surface area contributed by atoms with Crippen LogP contribution in [-0.4, -0.2) is 37.3 Å². The van der Waals surface area contributed by atoms with E-state index in [-0.39, 0.29) is 11.0 Å². The molecule has 1 fully saturated rings. The van der Waals surface area contributed by atoms with Crippen molar-refractivity contribution in [2.75, 3.05) is 36.5 Å². The highest BCUT2D eigenvalue weighted by molar-refractivity contribution is 7.80. The van der Waals surface area contributed by atoms with E-state index in [0.29, 0.717) is 23.8 Å². The van der Waals surface area contributed by atoms with Crippen LogP contribution in [0.15, 0.2) is 42.5 Å².